The molecule has 2 nitrogen and oxygen atoms in total. The summed E-state index contributed by atoms with van der Waals surface area (Å²) >= 11 is 7.59. The third kappa shape index (κ3) is 2.98. The van der Waals surface area contributed by atoms with Gasteiger partial charge in [0.15, 0.2) is 0 Å². The molecule has 1 aromatic heterocycles. The van der Waals surface area contributed by atoms with Gasteiger partial charge in [-0.05, 0) is 31.2 Å². The number of para-hydroxylation sites is 2. The molecule has 0 bridgehead atoms. The second kappa shape index (κ2) is 5.63. The fourth-order valence-electron chi connectivity index (χ4n) is 1.85. The second-order valence-electron chi connectivity index (χ2n) is 4.42. The van der Waals surface area contributed by atoms with E-state index in [1.807, 2.05) is 32.3 Å². The number of rotatable bonds is 4. The number of hydrogen-bond acceptors (Lipinski definition) is 3. The predicted molar refractivity (Wildman–Crippen MR) is 82.1 cm³/mol. The van der Waals surface area contributed by atoms with E-state index in [1.54, 1.807) is 11.3 Å². The van der Waals surface area contributed by atoms with Gasteiger partial charge in [-0.2, -0.15) is 0 Å². The minimum atomic E-state index is 0.253. The summed E-state index contributed by atoms with van der Waals surface area (Å²) in [5.41, 5.74) is 2.33. The lowest BCUT2D eigenvalue weighted by Crippen LogP contribution is -2.13. The third-order valence-corrected chi connectivity index (χ3v) is 4.19. The highest BCUT2D eigenvalue weighted by molar-refractivity contribution is 7.16. The largest absolute Gasteiger partial charge is 0.376 e. The fourth-order valence-corrected chi connectivity index (χ4v) is 2.91. The van der Waals surface area contributed by atoms with Crippen LogP contribution in [0.3, 0.4) is 0 Å². The third-order valence-electron chi connectivity index (χ3n) is 2.78. The summed E-state index contributed by atoms with van der Waals surface area (Å²) in [5, 5.41) is 3.53. The van der Waals surface area contributed by atoms with Crippen molar-refractivity contribution >= 4 is 34.3 Å². The molecule has 0 saturated heterocycles. The van der Waals surface area contributed by atoms with Crippen molar-refractivity contribution in [2.45, 2.75) is 13.0 Å². The Kier molecular flexibility index (Phi) is 4.15. The van der Waals surface area contributed by atoms with E-state index in [1.165, 1.54) is 10.6 Å². The highest BCUT2D eigenvalue weighted by atomic mass is 35.5. The Bertz CT molecular complexity index is 522. The van der Waals surface area contributed by atoms with Crippen LogP contribution in [0.4, 0.5) is 11.4 Å². The van der Waals surface area contributed by atoms with Crippen LogP contribution in [0.5, 0.6) is 0 Å². The number of thiophene rings is 1. The van der Waals surface area contributed by atoms with Crippen LogP contribution >= 0.6 is 22.9 Å². The first-order chi connectivity index (χ1) is 8.58. The number of halogens is 1. The Morgan fingerprint density at radius 1 is 1.17 bits per heavy atom. The molecule has 0 aliphatic heterocycles. The van der Waals surface area contributed by atoms with Crippen molar-refractivity contribution in [2.75, 3.05) is 24.3 Å². The summed E-state index contributed by atoms with van der Waals surface area (Å²) in [6.07, 6.45) is 0. The first-order valence-corrected chi connectivity index (χ1v) is 7.05. The smallest absolute Gasteiger partial charge is 0.0932 e. The van der Waals surface area contributed by atoms with Crippen molar-refractivity contribution in [1.82, 2.24) is 0 Å². The van der Waals surface area contributed by atoms with Crippen LogP contribution in [0.2, 0.25) is 4.34 Å². The molecule has 0 amide bonds. The van der Waals surface area contributed by atoms with Crippen LogP contribution in [0.15, 0.2) is 36.4 Å². The van der Waals surface area contributed by atoms with Crippen LogP contribution in [0, 0.1) is 0 Å². The van der Waals surface area contributed by atoms with E-state index in [2.05, 4.69) is 35.3 Å². The standard InChI is InChI=1S/C14H17ClN2S/c1-10(13-8-9-14(15)18-13)16-11-6-4-5-7-12(11)17(2)3/h4-10,16H,1-3H3. The quantitative estimate of drug-likeness (QED) is 0.878. The zero-order valence-corrected chi connectivity index (χ0v) is 12.3. The van der Waals surface area contributed by atoms with Gasteiger partial charge in [0.05, 0.1) is 21.8 Å². The Labute approximate surface area is 117 Å². The maximum atomic E-state index is 5.97. The molecule has 18 heavy (non-hydrogen) atoms. The van der Waals surface area contributed by atoms with Gasteiger partial charge in [0.2, 0.25) is 0 Å². The van der Waals surface area contributed by atoms with Gasteiger partial charge in [-0.15, -0.1) is 11.3 Å². The van der Waals surface area contributed by atoms with E-state index in [9.17, 15) is 0 Å². The number of nitrogens with zero attached hydrogens (tertiary/aromatic N) is 1. The van der Waals surface area contributed by atoms with Crippen molar-refractivity contribution in [3.63, 3.8) is 0 Å². The Morgan fingerprint density at radius 2 is 1.89 bits per heavy atom. The van der Waals surface area contributed by atoms with E-state index in [0.29, 0.717) is 0 Å². The van der Waals surface area contributed by atoms with Crippen LogP contribution in [-0.2, 0) is 0 Å². The molecule has 2 aromatic rings. The van der Waals surface area contributed by atoms with Crippen molar-refractivity contribution in [3.8, 4) is 0 Å². The summed E-state index contributed by atoms with van der Waals surface area (Å²) in [5.74, 6) is 0. The molecule has 96 valence electrons. The minimum Gasteiger partial charge on any atom is -0.376 e. The van der Waals surface area contributed by atoms with Gasteiger partial charge >= 0.3 is 0 Å². The molecule has 0 fully saturated rings. The summed E-state index contributed by atoms with van der Waals surface area (Å²) in [7, 11) is 4.10. The minimum absolute atomic E-state index is 0.253. The second-order valence-corrected chi connectivity index (χ2v) is 6.17. The van der Waals surface area contributed by atoms with Gasteiger partial charge in [-0.3, -0.25) is 0 Å². The molecular formula is C14H17ClN2S. The predicted octanol–water partition coefficient (Wildman–Crippen LogP) is 4.64. The molecule has 1 aromatic carbocycles. The molecule has 1 atom stereocenters. The summed E-state index contributed by atoms with van der Waals surface area (Å²) in [4.78, 5) is 3.35. The average molecular weight is 281 g/mol. The molecule has 0 aliphatic carbocycles. The van der Waals surface area contributed by atoms with E-state index >= 15 is 0 Å². The van der Waals surface area contributed by atoms with E-state index in [0.717, 1.165) is 10.0 Å². The number of hydrogen-bond donors (Lipinski definition) is 1. The molecule has 1 unspecified atom stereocenters. The maximum absolute atomic E-state index is 5.97. The van der Waals surface area contributed by atoms with Crippen LogP contribution in [-0.4, -0.2) is 14.1 Å². The summed E-state index contributed by atoms with van der Waals surface area (Å²) in [6.45, 7) is 2.15. The van der Waals surface area contributed by atoms with Gasteiger partial charge in [0, 0.05) is 19.0 Å². The lowest BCUT2D eigenvalue weighted by molar-refractivity contribution is 0.905. The molecule has 1 N–H and O–H groups in total. The molecule has 0 radical (unpaired) electrons. The van der Waals surface area contributed by atoms with Crippen LogP contribution in [0.1, 0.15) is 17.8 Å². The molecular weight excluding hydrogens is 264 g/mol. The summed E-state index contributed by atoms with van der Waals surface area (Å²) < 4.78 is 0.833. The molecule has 2 rings (SSSR count). The lowest BCUT2D eigenvalue weighted by Gasteiger charge is -2.21. The van der Waals surface area contributed by atoms with Crippen molar-refractivity contribution in [1.29, 1.82) is 0 Å². The Morgan fingerprint density at radius 3 is 2.50 bits per heavy atom. The van der Waals surface area contributed by atoms with Gasteiger partial charge < -0.3 is 10.2 Å². The first kappa shape index (κ1) is 13.2. The van der Waals surface area contributed by atoms with Crippen molar-refractivity contribution in [2.24, 2.45) is 0 Å². The Balaban J connectivity index is 2.19. The normalized spacial score (nSPS) is 12.2. The molecule has 0 spiro atoms. The van der Waals surface area contributed by atoms with Crippen LogP contribution < -0.4 is 10.2 Å². The van der Waals surface area contributed by atoms with Crippen molar-refractivity contribution in [3.05, 3.63) is 45.6 Å². The topological polar surface area (TPSA) is 15.3 Å². The molecule has 1 heterocycles. The molecule has 0 saturated carbocycles. The number of benzene rings is 1. The first-order valence-electron chi connectivity index (χ1n) is 5.86. The molecule has 0 aliphatic rings. The highest BCUT2D eigenvalue weighted by Crippen LogP contribution is 2.31. The average Bonchev–Trinajstić information content (AvgIpc) is 2.76. The maximum Gasteiger partial charge on any atom is 0.0932 e. The number of anilines is 2. The SMILES string of the molecule is CC(Nc1ccccc1N(C)C)c1ccc(Cl)s1. The van der Waals surface area contributed by atoms with Gasteiger partial charge in [0.1, 0.15) is 0 Å². The molecule has 4 heteroatoms. The zero-order chi connectivity index (χ0) is 13.1. The van der Waals surface area contributed by atoms with Gasteiger partial charge in [-0.25, -0.2) is 0 Å². The Hall–Kier alpha value is -1.19. The highest BCUT2D eigenvalue weighted by Gasteiger charge is 2.10. The van der Waals surface area contributed by atoms with E-state index in [-0.39, 0.29) is 6.04 Å². The van der Waals surface area contributed by atoms with E-state index in [4.69, 9.17) is 11.6 Å². The van der Waals surface area contributed by atoms with Gasteiger partial charge in [-0.1, -0.05) is 23.7 Å². The van der Waals surface area contributed by atoms with E-state index < -0.39 is 0 Å². The van der Waals surface area contributed by atoms with Gasteiger partial charge in [0.25, 0.3) is 0 Å². The summed E-state index contributed by atoms with van der Waals surface area (Å²) in [6, 6.07) is 12.6. The fraction of sp³-hybridized carbons (Fsp3) is 0.286. The van der Waals surface area contributed by atoms with Crippen molar-refractivity contribution < 1.29 is 0 Å². The lowest BCUT2D eigenvalue weighted by atomic mass is 10.2. The zero-order valence-electron chi connectivity index (χ0n) is 10.8. The van der Waals surface area contributed by atoms with Crippen LogP contribution in [0.25, 0.3) is 0 Å². The monoisotopic (exact) mass is 280 g/mol. The number of nitrogens with one attached hydrogen (secondary N) is 1.